The number of fused-ring (bicyclic) bond motifs is 2. The fraction of sp³-hybridized carbons (Fsp3) is 0.360. The monoisotopic (exact) mass is 1110 g/mol. The second-order valence-electron chi connectivity index (χ2n) is 15.4. The molecule has 0 saturated heterocycles. The van der Waals surface area contributed by atoms with Crippen LogP contribution in [0.25, 0.3) is 42.4 Å². The predicted molar refractivity (Wildman–Crippen MR) is 279 cm³/mol. The van der Waals surface area contributed by atoms with Crippen LogP contribution in [0, 0.1) is 16.9 Å². The number of thiophene rings is 2. The zero-order valence-electron chi connectivity index (χ0n) is 41.5. The number of benzene rings is 2. The van der Waals surface area contributed by atoms with Crippen molar-refractivity contribution in [1.29, 1.82) is 11.1 Å². The first kappa shape index (κ1) is 67.6. The molecule has 6 aromatic rings. The van der Waals surface area contributed by atoms with Gasteiger partial charge in [-0.1, -0.05) is 78.4 Å². The molecule has 0 spiro atoms. The lowest BCUT2D eigenvalue weighted by Gasteiger charge is -2.11. The van der Waals surface area contributed by atoms with E-state index in [4.69, 9.17) is 61.3 Å². The highest BCUT2D eigenvalue weighted by molar-refractivity contribution is 7.59. The molecule has 0 aliphatic rings. The van der Waals surface area contributed by atoms with Crippen LogP contribution < -0.4 is 11.3 Å². The minimum Gasteiger partial charge on any atom is -0.323 e. The molecule has 0 bridgehead atoms. The molecule has 5 N–H and O–H groups in total. The summed E-state index contributed by atoms with van der Waals surface area (Å²) in [5.74, 6) is 5.24. The molecule has 0 atom stereocenters. The van der Waals surface area contributed by atoms with Crippen LogP contribution in [-0.4, -0.2) is 70.7 Å². The van der Waals surface area contributed by atoms with E-state index in [1.54, 1.807) is 35.6 Å². The van der Waals surface area contributed by atoms with Gasteiger partial charge in [-0.15, -0.1) is 47.9 Å². The third kappa shape index (κ3) is 24.5. The van der Waals surface area contributed by atoms with E-state index in [1.807, 2.05) is 54.9 Å². The molecule has 0 aliphatic heterocycles. The molecular formula is C50H59FN6O14S4. The Bertz CT molecular complexity index is 3070. The van der Waals surface area contributed by atoms with E-state index < -0.39 is 21.2 Å². The van der Waals surface area contributed by atoms with Crippen LogP contribution in [0.1, 0.15) is 161 Å². The number of nitrogens with zero attached hydrogens (tertiary/aromatic N) is 2. The fourth-order valence-electron chi connectivity index (χ4n) is 7.01. The molecule has 0 fully saturated rings. The van der Waals surface area contributed by atoms with Crippen LogP contribution in [0.15, 0.2) is 71.4 Å². The van der Waals surface area contributed by atoms with Crippen molar-refractivity contribution in [3.05, 3.63) is 100 Å². The smallest absolute Gasteiger partial charge is 0.323 e. The topological polar surface area (TPSA) is 351 Å². The molecule has 0 unspecified atom stereocenters. The van der Waals surface area contributed by atoms with Gasteiger partial charge in [-0.05, 0) is 107 Å². The second-order valence-corrected chi connectivity index (χ2v) is 18.0. The third-order valence-electron chi connectivity index (χ3n) is 10.2. The molecule has 2 aromatic carbocycles. The van der Waals surface area contributed by atoms with Gasteiger partial charge in [0.05, 0.1) is 5.69 Å². The van der Waals surface area contributed by atoms with Crippen LogP contribution in [0.4, 0.5) is 10.1 Å². The summed E-state index contributed by atoms with van der Waals surface area (Å²) >= 11 is 3.06. The average molecular weight is 1120 g/mol. The van der Waals surface area contributed by atoms with Crippen LogP contribution in [0.2, 0.25) is 0 Å². The summed E-state index contributed by atoms with van der Waals surface area (Å²) in [6.45, 7) is 8.19. The Hall–Kier alpha value is -7.37. The SMILES string of the molecule is CCCCCCC(=O)c1cc(-c2ccc(F)c3ccsc23)cc(C(=O)CCC)n1.CCCCCCC(=O)c1cc(-c2ccc(NN)c3ccsc23)cc(C(=O)CCC)n1.N=N.O=C=O.O=C=O.O=S(=O)=O.O=S(=O)=O.[HH]. The first-order valence-corrected chi connectivity index (χ1v) is 26.8. The zero-order chi connectivity index (χ0) is 56.9. The van der Waals surface area contributed by atoms with Crippen molar-refractivity contribution in [2.75, 3.05) is 5.43 Å². The number of hydrogen-bond acceptors (Lipinski definition) is 22. The van der Waals surface area contributed by atoms with E-state index in [9.17, 15) is 23.6 Å². The Morgan fingerprint density at radius 2 is 0.880 bits per heavy atom. The van der Waals surface area contributed by atoms with Crippen molar-refractivity contribution >= 4 is 105 Å². The van der Waals surface area contributed by atoms with E-state index in [0.29, 0.717) is 53.8 Å². The van der Waals surface area contributed by atoms with Crippen molar-refractivity contribution in [3.8, 4) is 22.3 Å². The Balaban J connectivity index is 0. The maximum atomic E-state index is 14.1. The summed E-state index contributed by atoms with van der Waals surface area (Å²) in [6.07, 6.45) is 11.8. The second kappa shape index (κ2) is 39.1. The largest absolute Gasteiger partial charge is 0.425 e. The first-order valence-electron chi connectivity index (χ1n) is 23.0. The molecule has 20 nitrogen and oxygen atoms in total. The number of nitrogen functional groups attached to an aromatic ring is 1. The number of hydrogen-bond donors (Lipinski definition) is 4. The molecular weight excluding hydrogens is 1060 g/mol. The summed E-state index contributed by atoms with van der Waals surface area (Å²) in [4.78, 5) is 92.1. The van der Waals surface area contributed by atoms with Gasteiger partial charge < -0.3 is 5.43 Å². The quantitative estimate of drug-likeness (QED) is 0.0171. The van der Waals surface area contributed by atoms with Gasteiger partial charge in [-0.2, -0.15) is 19.2 Å². The van der Waals surface area contributed by atoms with Crippen LogP contribution in [0.3, 0.4) is 0 Å². The Kier molecular flexibility index (Phi) is 35.3. The van der Waals surface area contributed by atoms with Gasteiger partial charge in [0.2, 0.25) is 0 Å². The van der Waals surface area contributed by atoms with Crippen molar-refractivity contribution < 1.29 is 69.4 Å². The number of ketones is 4. The minimum atomic E-state index is -3.11. The van der Waals surface area contributed by atoms with E-state index in [0.717, 1.165) is 107 Å². The lowest BCUT2D eigenvalue weighted by Crippen LogP contribution is -2.09. The highest BCUT2D eigenvalue weighted by Crippen LogP contribution is 2.38. The highest BCUT2D eigenvalue weighted by Gasteiger charge is 2.19. The van der Waals surface area contributed by atoms with Gasteiger partial charge in [0.15, 0.2) is 23.1 Å². The zero-order valence-corrected chi connectivity index (χ0v) is 44.8. The molecule has 25 heteroatoms. The molecule has 0 aliphatic carbocycles. The van der Waals surface area contributed by atoms with Gasteiger partial charge in [-0.25, -0.2) is 25.4 Å². The van der Waals surface area contributed by atoms with Crippen LogP contribution in [0.5, 0.6) is 0 Å². The molecule has 0 amide bonds. The van der Waals surface area contributed by atoms with Gasteiger partial charge in [0.25, 0.3) is 0 Å². The maximum absolute atomic E-state index is 14.1. The number of anilines is 1. The normalized spacial score (nSPS) is 9.63. The number of aromatic nitrogens is 2. The number of hydrazine groups is 1. The first-order chi connectivity index (χ1) is 35.9. The number of nitrogens with one attached hydrogen (secondary N) is 3. The standard InChI is InChI=1S/C24H26FNO2S.C24H29N3O2S.2CO2.H2N2.2O3S.H2/c1-3-5-6-7-9-23(28)21-15-16(14-20(26-21)22(27)8-4-2)17-10-11-19(25)18-12-13-29-24(17)18;1-3-5-6-7-9-23(29)21-15-16(14-20(26-21)22(28)8-4-2)17-10-11-19(27-25)18-12-13-30-24(17)18;2*2-1-3;1-2;2*1-4(2)3;/h10-15H,3-9H2,1-2H3;10-15,27H,3-9,25H2,1-2H3;;;1-2H;;;1H. The summed E-state index contributed by atoms with van der Waals surface area (Å²) < 4.78 is 66.7. The summed E-state index contributed by atoms with van der Waals surface area (Å²) in [6, 6.07) is 17.9. The summed E-state index contributed by atoms with van der Waals surface area (Å²) in [5, 5.41) is 5.43. The Morgan fingerprint density at radius 3 is 1.23 bits per heavy atom. The van der Waals surface area contributed by atoms with Crippen LogP contribution >= 0.6 is 22.7 Å². The Morgan fingerprint density at radius 1 is 0.547 bits per heavy atom. The number of carbonyl (C=O) groups excluding carboxylic acids is 8. The number of carbonyl (C=O) groups is 4. The summed E-state index contributed by atoms with van der Waals surface area (Å²) in [7, 11) is -6.22. The van der Waals surface area contributed by atoms with Crippen LogP contribution in [-0.2, 0) is 40.4 Å². The molecule has 4 aromatic heterocycles. The number of pyridine rings is 2. The van der Waals surface area contributed by atoms with Gasteiger partial charge in [-0.3, -0.25) is 25.0 Å². The van der Waals surface area contributed by atoms with Gasteiger partial charge in [0.1, 0.15) is 28.6 Å². The highest BCUT2D eigenvalue weighted by atomic mass is 32.2. The van der Waals surface area contributed by atoms with Gasteiger partial charge >= 0.3 is 33.5 Å². The molecule has 4 heterocycles. The van der Waals surface area contributed by atoms with Gasteiger partial charge in [0, 0.05) is 47.3 Å². The van der Waals surface area contributed by atoms with E-state index in [-0.39, 0.29) is 42.7 Å². The fourth-order valence-corrected chi connectivity index (χ4v) is 8.91. The molecule has 0 saturated carbocycles. The number of rotatable bonds is 21. The molecule has 404 valence electrons. The number of Topliss-reactive ketones (excluding diaryl/α,β-unsaturated/α-hetero) is 4. The third-order valence-corrected chi connectivity index (χ3v) is 12.1. The van der Waals surface area contributed by atoms with Crippen molar-refractivity contribution in [2.24, 2.45) is 5.84 Å². The minimum absolute atomic E-state index is 0. The lowest BCUT2D eigenvalue weighted by molar-refractivity contribution is -0.193. The average Bonchev–Trinajstić information content (AvgIpc) is 4.10. The van der Waals surface area contributed by atoms with Crippen molar-refractivity contribution in [3.63, 3.8) is 0 Å². The van der Waals surface area contributed by atoms with E-state index in [1.165, 1.54) is 17.4 Å². The molecule has 6 rings (SSSR count). The van der Waals surface area contributed by atoms with E-state index >= 15 is 0 Å². The van der Waals surface area contributed by atoms with Crippen molar-refractivity contribution in [1.82, 2.24) is 9.97 Å². The molecule has 75 heavy (non-hydrogen) atoms. The lowest BCUT2D eigenvalue weighted by atomic mass is 9.99. The van der Waals surface area contributed by atoms with E-state index in [2.05, 4.69) is 29.2 Å². The van der Waals surface area contributed by atoms with Crippen molar-refractivity contribution in [2.45, 2.75) is 118 Å². The summed E-state index contributed by atoms with van der Waals surface area (Å²) in [5.41, 5.74) is 18.4. The maximum Gasteiger partial charge on any atom is 0.425 e. The number of halogens is 1. The molecule has 0 radical (unpaired) electrons. The number of unbranched alkanes of at least 4 members (excludes halogenated alkanes) is 6. The number of nitrogens with two attached hydrogens (primary N) is 1. The Labute approximate surface area is 444 Å². The predicted octanol–water partition coefficient (Wildman–Crippen LogP) is 11.3.